The van der Waals surface area contributed by atoms with E-state index in [4.69, 9.17) is 9.47 Å². The molecule has 2 amide bonds. The number of H-pyrrole nitrogens is 1. The fourth-order valence-corrected chi connectivity index (χ4v) is 6.28. The van der Waals surface area contributed by atoms with Gasteiger partial charge in [0, 0.05) is 41.2 Å². The molecule has 1 saturated heterocycles. The predicted molar refractivity (Wildman–Crippen MR) is 139 cm³/mol. The van der Waals surface area contributed by atoms with Gasteiger partial charge >= 0.3 is 0 Å². The van der Waals surface area contributed by atoms with Gasteiger partial charge in [0.25, 0.3) is 11.8 Å². The van der Waals surface area contributed by atoms with E-state index in [-0.39, 0.29) is 5.91 Å². The van der Waals surface area contributed by atoms with Crippen molar-refractivity contribution in [2.24, 2.45) is 0 Å². The van der Waals surface area contributed by atoms with Crippen LogP contribution in [-0.4, -0.2) is 86.8 Å². The van der Waals surface area contributed by atoms with E-state index < -0.39 is 43.2 Å². The largest absolute Gasteiger partial charge is 0.394 e. The Morgan fingerprint density at radius 1 is 0.947 bits per heavy atom. The van der Waals surface area contributed by atoms with E-state index in [0.29, 0.717) is 43.8 Å². The molecular weight excluding hydrogens is 490 g/mol. The molecule has 10 heteroatoms. The van der Waals surface area contributed by atoms with Crippen LogP contribution in [0.25, 0.3) is 43.6 Å². The molecule has 2 aliphatic heterocycles. The zero-order valence-electron chi connectivity index (χ0n) is 20.6. The van der Waals surface area contributed by atoms with E-state index in [1.54, 1.807) is 4.57 Å². The number of aromatic amines is 1. The molecule has 0 aliphatic carbocycles. The van der Waals surface area contributed by atoms with E-state index in [2.05, 4.69) is 4.98 Å². The van der Waals surface area contributed by atoms with Crippen LogP contribution in [0.4, 0.5) is 0 Å². The highest BCUT2D eigenvalue weighted by molar-refractivity contribution is 6.39. The normalized spacial score (nSPS) is 25.9. The fraction of sp³-hybridized carbons (Fsp3) is 0.286. The van der Waals surface area contributed by atoms with Gasteiger partial charge in [0.2, 0.25) is 0 Å². The summed E-state index contributed by atoms with van der Waals surface area (Å²) in [5, 5.41) is 34.9. The lowest BCUT2D eigenvalue weighted by molar-refractivity contribution is -0.255. The van der Waals surface area contributed by atoms with E-state index in [1.165, 1.54) is 14.2 Å². The standard InChI is InChI=1S/C28H25N3O7/c1-30-26(35)19-17-12-7-3-5-9-14(12)29-21(17)22-18(20(19)27(30)36)13-8-4-6-10-15(13)31(22)28-24(34)23(33)25(37-2)16(11-32)38-28/h3-10,16,23-25,28-29,32-34H,11H2,1-2H3/t16-,23-,24-,25-,28?/m1/s1. The number of hydrogen-bond donors (Lipinski definition) is 4. The lowest BCUT2D eigenvalue weighted by atomic mass is 9.96. The maximum absolute atomic E-state index is 13.6. The number of rotatable bonds is 3. The van der Waals surface area contributed by atoms with Crippen LogP contribution >= 0.6 is 0 Å². The maximum Gasteiger partial charge on any atom is 0.262 e. The number of carbonyl (C=O) groups is 2. The Balaban J connectivity index is 1.68. The first-order valence-corrected chi connectivity index (χ1v) is 12.4. The number of hydrogen-bond acceptors (Lipinski definition) is 7. The molecule has 7 rings (SSSR count). The number of benzene rings is 3. The molecule has 3 aromatic carbocycles. The SMILES string of the molecule is CO[C@H]1[C@H](O)[C@@H](O)C(n2c3ccccc3c3c4c(c5c6ccccc6[nH]c5c32)C(=O)N(C)C4=O)O[C@@H]1CO. The van der Waals surface area contributed by atoms with Crippen molar-refractivity contribution in [2.45, 2.75) is 30.6 Å². The minimum atomic E-state index is -1.42. The van der Waals surface area contributed by atoms with Crippen LogP contribution in [0.2, 0.25) is 0 Å². The Morgan fingerprint density at radius 3 is 2.32 bits per heavy atom. The number of ether oxygens (including phenoxy) is 2. The minimum absolute atomic E-state index is 0.291. The summed E-state index contributed by atoms with van der Waals surface area (Å²) >= 11 is 0. The van der Waals surface area contributed by atoms with Crippen molar-refractivity contribution in [3.05, 3.63) is 59.7 Å². The Morgan fingerprint density at radius 2 is 1.61 bits per heavy atom. The number of aromatic nitrogens is 2. The number of para-hydroxylation sites is 2. The molecule has 194 valence electrons. The van der Waals surface area contributed by atoms with Gasteiger partial charge in [0.05, 0.1) is 34.3 Å². The Bertz CT molecular complexity index is 1800. The maximum atomic E-state index is 13.6. The second-order valence-corrected chi connectivity index (χ2v) is 9.88. The van der Waals surface area contributed by atoms with Crippen molar-refractivity contribution < 1.29 is 34.4 Å². The number of carbonyl (C=O) groups excluding carboxylic acids is 2. The molecule has 0 radical (unpaired) electrons. The first-order valence-electron chi connectivity index (χ1n) is 12.4. The minimum Gasteiger partial charge on any atom is -0.394 e. The molecule has 10 nitrogen and oxygen atoms in total. The molecule has 4 heterocycles. The summed E-state index contributed by atoms with van der Waals surface area (Å²) in [6, 6.07) is 14.9. The first-order chi connectivity index (χ1) is 18.4. The number of imide groups is 1. The van der Waals surface area contributed by atoms with Crippen LogP contribution in [0.3, 0.4) is 0 Å². The van der Waals surface area contributed by atoms with Gasteiger partial charge < -0.3 is 34.3 Å². The fourth-order valence-electron chi connectivity index (χ4n) is 6.28. The van der Waals surface area contributed by atoms with Gasteiger partial charge in [0.15, 0.2) is 6.23 Å². The summed E-state index contributed by atoms with van der Waals surface area (Å²) in [5.41, 5.74) is 3.19. The van der Waals surface area contributed by atoms with Gasteiger partial charge in [-0.15, -0.1) is 0 Å². The molecule has 1 fully saturated rings. The summed E-state index contributed by atoms with van der Waals surface area (Å²) in [5.74, 6) is -0.797. The average molecular weight is 516 g/mol. The monoisotopic (exact) mass is 515 g/mol. The number of aliphatic hydroxyl groups is 3. The van der Waals surface area contributed by atoms with E-state index in [1.807, 2.05) is 48.5 Å². The summed E-state index contributed by atoms with van der Waals surface area (Å²) in [6.45, 7) is -0.440. The highest BCUT2D eigenvalue weighted by Gasteiger charge is 2.47. The summed E-state index contributed by atoms with van der Waals surface area (Å²) in [7, 11) is 2.85. The van der Waals surface area contributed by atoms with E-state index >= 15 is 0 Å². The number of nitrogens with zero attached hydrogens (tertiary/aromatic N) is 2. The summed E-state index contributed by atoms with van der Waals surface area (Å²) in [6.07, 6.45) is -5.76. The zero-order chi connectivity index (χ0) is 26.5. The van der Waals surface area contributed by atoms with Crippen LogP contribution in [0.15, 0.2) is 48.5 Å². The molecular formula is C28H25N3O7. The van der Waals surface area contributed by atoms with Crippen LogP contribution < -0.4 is 0 Å². The first kappa shape index (κ1) is 23.3. The van der Waals surface area contributed by atoms with Gasteiger partial charge in [-0.3, -0.25) is 14.5 Å². The van der Waals surface area contributed by atoms with Crippen LogP contribution in [0, 0.1) is 0 Å². The zero-order valence-corrected chi connectivity index (χ0v) is 20.6. The number of nitrogens with one attached hydrogen (secondary N) is 1. The predicted octanol–water partition coefficient (Wildman–Crippen LogP) is 2.28. The number of aliphatic hydroxyl groups excluding tert-OH is 3. The van der Waals surface area contributed by atoms with Crippen molar-refractivity contribution in [2.75, 3.05) is 20.8 Å². The average Bonchev–Trinajstić information content (AvgIpc) is 3.55. The molecule has 4 N–H and O–H groups in total. The topological polar surface area (TPSA) is 137 Å². The van der Waals surface area contributed by atoms with Crippen molar-refractivity contribution in [1.82, 2.24) is 14.5 Å². The molecule has 5 atom stereocenters. The Kier molecular flexibility index (Phi) is 4.97. The smallest absolute Gasteiger partial charge is 0.262 e. The third kappa shape index (κ3) is 2.78. The molecule has 0 bridgehead atoms. The van der Waals surface area contributed by atoms with E-state index in [9.17, 15) is 24.9 Å². The van der Waals surface area contributed by atoms with Crippen molar-refractivity contribution in [1.29, 1.82) is 0 Å². The molecule has 1 unspecified atom stereocenters. The van der Waals surface area contributed by atoms with Gasteiger partial charge in [-0.25, -0.2) is 0 Å². The Labute approximate surface area is 215 Å². The second kappa shape index (κ2) is 8.10. The number of fused-ring (bicyclic) bond motifs is 10. The van der Waals surface area contributed by atoms with Crippen LogP contribution in [0.5, 0.6) is 0 Å². The molecule has 0 spiro atoms. The van der Waals surface area contributed by atoms with Crippen molar-refractivity contribution in [3.63, 3.8) is 0 Å². The number of amides is 2. The third-order valence-electron chi connectivity index (χ3n) is 8.01. The Hall–Kier alpha value is -3.80. The molecule has 38 heavy (non-hydrogen) atoms. The lowest BCUT2D eigenvalue weighted by Gasteiger charge is -2.42. The second-order valence-electron chi connectivity index (χ2n) is 9.88. The molecule has 0 saturated carbocycles. The van der Waals surface area contributed by atoms with Gasteiger partial charge in [-0.1, -0.05) is 36.4 Å². The van der Waals surface area contributed by atoms with Crippen molar-refractivity contribution >= 4 is 55.4 Å². The lowest BCUT2D eigenvalue weighted by Crippen LogP contribution is -2.57. The van der Waals surface area contributed by atoms with Crippen LogP contribution in [0.1, 0.15) is 26.9 Å². The summed E-state index contributed by atoms with van der Waals surface area (Å²) in [4.78, 5) is 31.6. The quantitative estimate of drug-likeness (QED) is 0.271. The molecule has 2 aliphatic rings. The summed E-state index contributed by atoms with van der Waals surface area (Å²) < 4.78 is 13.3. The molecule has 5 aromatic rings. The van der Waals surface area contributed by atoms with E-state index in [0.717, 1.165) is 15.8 Å². The highest BCUT2D eigenvalue weighted by atomic mass is 16.6. The van der Waals surface area contributed by atoms with Gasteiger partial charge in [-0.05, 0) is 12.1 Å². The molecule has 2 aromatic heterocycles. The van der Waals surface area contributed by atoms with Crippen molar-refractivity contribution in [3.8, 4) is 0 Å². The van der Waals surface area contributed by atoms with Crippen LogP contribution in [-0.2, 0) is 9.47 Å². The highest BCUT2D eigenvalue weighted by Crippen LogP contribution is 2.47. The van der Waals surface area contributed by atoms with Gasteiger partial charge in [0.1, 0.15) is 24.4 Å². The third-order valence-corrected chi connectivity index (χ3v) is 8.01. The van der Waals surface area contributed by atoms with Gasteiger partial charge in [-0.2, -0.15) is 0 Å². The number of methoxy groups -OCH3 is 1.